The molecule has 3 rings (SSSR count). The van der Waals surface area contributed by atoms with E-state index < -0.39 is 0 Å². The van der Waals surface area contributed by atoms with Gasteiger partial charge in [-0.15, -0.1) is 0 Å². The number of aromatic amines is 1. The summed E-state index contributed by atoms with van der Waals surface area (Å²) in [6.45, 7) is 8.76. The van der Waals surface area contributed by atoms with Gasteiger partial charge in [-0.3, -0.25) is 4.79 Å². The van der Waals surface area contributed by atoms with Gasteiger partial charge in [0.1, 0.15) is 0 Å². The SMILES string of the molecule is COCC(C)n1cc(C)c2nc(-c3ccc(C(C)C)[nH]c3=O)c(Cl)cc21. The number of rotatable bonds is 5. The van der Waals surface area contributed by atoms with E-state index in [0.717, 1.165) is 22.3 Å². The first-order chi connectivity index (χ1) is 12.3. The van der Waals surface area contributed by atoms with Crippen LogP contribution in [0.5, 0.6) is 0 Å². The normalized spacial score (nSPS) is 12.9. The summed E-state index contributed by atoms with van der Waals surface area (Å²) in [7, 11) is 1.69. The highest BCUT2D eigenvalue weighted by Gasteiger charge is 2.17. The summed E-state index contributed by atoms with van der Waals surface area (Å²) in [5.41, 5.74) is 4.54. The first-order valence-corrected chi connectivity index (χ1v) is 9.11. The van der Waals surface area contributed by atoms with Gasteiger partial charge in [-0.25, -0.2) is 4.98 Å². The van der Waals surface area contributed by atoms with E-state index in [-0.39, 0.29) is 17.5 Å². The van der Waals surface area contributed by atoms with Crippen molar-refractivity contribution in [2.75, 3.05) is 13.7 Å². The number of H-pyrrole nitrogens is 1. The van der Waals surface area contributed by atoms with Crippen LogP contribution in [0.3, 0.4) is 0 Å². The van der Waals surface area contributed by atoms with Gasteiger partial charge in [0.15, 0.2) is 0 Å². The van der Waals surface area contributed by atoms with E-state index in [9.17, 15) is 4.79 Å². The second-order valence-corrected chi connectivity index (χ2v) is 7.43. The second kappa shape index (κ2) is 7.25. The molecular formula is C20H24ClN3O2. The number of ether oxygens (including phenoxy) is 1. The van der Waals surface area contributed by atoms with Crippen LogP contribution in [0.15, 0.2) is 29.2 Å². The van der Waals surface area contributed by atoms with Crippen molar-refractivity contribution in [2.24, 2.45) is 0 Å². The van der Waals surface area contributed by atoms with Crippen molar-refractivity contribution in [3.05, 3.63) is 51.0 Å². The van der Waals surface area contributed by atoms with E-state index in [1.54, 1.807) is 13.2 Å². The van der Waals surface area contributed by atoms with E-state index in [1.807, 2.05) is 39.1 Å². The maximum absolute atomic E-state index is 12.5. The smallest absolute Gasteiger partial charge is 0.257 e. The minimum atomic E-state index is -0.171. The summed E-state index contributed by atoms with van der Waals surface area (Å²) >= 11 is 6.52. The van der Waals surface area contributed by atoms with Crippen LogP contribution in [0.1, 0.15) is 44.0 Å². The first-order valence-electron chi connectivity index (χ1n) is 8.73. The van der Waals surface area contributed by atoms with Gasteiger partial charge in [-0.1, -0.05) is 25.4 Å². The molecule has 0 saturated heterocycles. The Labute approximate surface area is 158 Å². The summed E-state index contributed by atoms with van der Waals surface area (Å²) in [4.78, 5) is 20.2. The zero-order chi connectivity index (χ0) is 19.0. The number of nitrogens with zero attached hydrogens (tertiary/aromatic N) is 2. The lowest BCUT2D eigenvalue weighted by Crippen LogP contribution is -2.13. The van der Waals surface area contributed by atoms with Gasteiger partial charge < -0.3 is 14.3 Å². The average molecular weight is 374 g/mol. The van der Waals surface area contributed by atoms with Crippen LogP contribution in [0.4, 0.5) is 0 Å². The van der Waals surface area contributed by atoms with Gasteiger partial charge >= 0.3 is 0 Å². The fourth-order valence-electron chi connectivity index (χ4n) is 3.19. The zero-order valence-corrected chi connectivity index (χ0v) is 16.5. The van der Waals surface area contributed by atoms with Crippen LogP contribution in [-0.4, -0.2) is 28.3 Å². The monoisotopic (exact) mass is 373 g/mol. The van der Waals surface area contributed by atoms with Gasteiger partial charge in [-0.2, -0.15) is 0 Å². The van der Waals surface area contributed by atoms with E-state index in [2.05, 4.69) is 16.5 Å². The Kier molecular flexibility index (Phi) is 5.21. The quantitative estimate of drug-likeness (QED) is 0.706. The number of halogens is 1. The highest BCUT2D eigenvalue weighted by atomic mass is 35.5. The molecule has 5 nitrogen and oxygen atoms in total. The lowest BCUT2D eigenvalue weighted by atomic mass is 10.1. The van der Waals surface area contributed by atoms with Crippen LogP contribution in [0.2, 0.25) is 5.02 Å². The molecule has 0 aliphatic heterocycles. The van der Waals surface area contributed by atoms with Crippen molar-refractivity contribution < 1.29 is 4.74 Å². The van der Waals surface area contributed by atoms with Crippen LogP contribution in [0.25, 0.3) is 22.3 Å². The Balaban J connectivity index is 2.16. The van der Waals surface area contributed by atoms with Crippen molar-refractivity contribution in [3.8, 4) is 11.3 Å². The molecule has 0 aliphatic carbocycles. The van der Waals surface area contributed by atoms with Crippen LogP contribution >= 0.6 is 11.6 Å². The standard InChI is InChI=1S/C20H24ClN3O2/c1-11(2)16-7-6-14(20(25)22-16)19-15(21)8-17-18(23-19)12(3)9-24(17)13(4)10-26-5/h6-9,11,13H,10H2,1-5H3,(H,22,25). The minimum absolute atomic E-state index is 0.161. The van der Waals surface area contributed by atoms with Gasteiger partial charge in [-0.05, 0) is 43.5 Å². The molecule has 26 heavy (non-hydrogen) atoms. The molecule has 0 aliphatic rings. The van der Waals surface area contributed by atoms with Crippen molar-refractivity contribution in [1.29, 1.82) is 0 Å². The van der Waals surface area contributed by atoms with Gasteiger partial charge in [0.2, 0.25) is 0 Å². The molecule has 138 valence electrons. The zero-order valence-electron chi connectivity index (χ0n) is 15.8. The number of methoxy groups -OCH3 is 1. The van der Waals surface area contributed by atoms with Gasteiger partial charge in [0, 0.05) is 19.0 Å². The highest BCUT2D eigenvalue weighted by molar-refractivity contribution is 6.33. The number of nitrogens with one attached hydrogen (secondary N) is 1. The second-order valence-electron chi connectivity index (χ2n) is 7.02. The van der Waals surface area contributed by atoms with Crippen LogP contribution < -0.4 is 5.56 Å². The Morgan fingerprint density at radius 1 is 1.31 bits per heavy atom. The van der Waals surface area contributed by atoms with Crippen LogP contribution in [0, 0.1) is 6.92 Å². The molecule has 0 amide bonds. The summed E-state index contributed by atoms with van der Waals surface area (Å²) < 4.78 is 7.38. The third kappa shape index (κ3) is 3.29. The molecule has 0 bridgehead atoms. The number of pyridine rings is 2. The summed E-state index contributed by atoms with van der Waals surface area (Å²) in [5.74, 6) is 0.251. The molecule has 1 N–H and O–H groups in total. The first kappa shape index (κ1) is 18.7. The average Bonchev–Trinajstić information content (AvgIpc) is 2.90. The van der Waals surface area contributed by atoms with Gasteiger partial charge in [0.25, 0.3) is 5.56 Å². The molecule has 3 heterocycles. The Morgan fingerprint density at radius 2 is 2.04 bits per heavy atom. The Bertz CT molecular complexity index is 1000. The van der Waals surface area contributed by atoms with E-state index in [4.69, 9.17) is 21.3 Å². The summed E-state index contributed by atoms with van der Waals surface area (Å²) in [6, 6.07) is 5.76. The lowest BCUT2D eigenvalue weighted by molar-refractivity contribution is 0.164. The van der Waals surface area contributed by atoms with Gasteiger partial charge in [0.05, 0.1) is 40.0 Å². The topological polar surface area (TPSA) is 59.9 Å². The van der Waals surface area contributed by atoms with Crippen molar-refractivity contribution in [3.63, 3.8) is 0 Å². The fraction of sp³-hybridized carbons (Fsp3) is 0.400. The molecule has 1 atom stereocenters. The minimum Gasteiger partial charge on any atom is -0.383 e. The van der Waals surface area contributed by atoms with E-state index in [1.165, 1.54) is 0 Å². The molecule has 0 radical (unpaired) electrons. The summed E-state index contributed by atoms with van der Waals surface area (Å²) in [5, 5.41) is 0.462. The fourth-order valence-corrected chi connectivity index (χ4v) is 3.44. The molecule has 0 fully saturated rings. The maximum Gasteiger partial charge on any atom is 0.257 e. The molecule has 0 spiro atoms. The molecular weight excluding hydrogens is 350 g/mol. The Morgan fingerprint density at radius 3 is 2.65 bits per heavy atom. The number of aromatic nitrogens is 3. The van der Waals surface area contributed by atoms with Crippen LogP contribution in [-0.2, 0) is 4.74 Å². The number of aryl methyl sites for hydroxylation is 1. The van der Waals surface area contributed by atoms with Crippen molar-refractivity contribution >= 4 is 22.6 Å². The predicted molar refractivity (Wildman–Crippen MR) is 106 cm³/mol. The predicted octanol–water partition coefficient (Wildman–Crippen LogP) is 4.68. The summed E-state index contributed by atoms with van der Waals surface area (Å²) in [6.07, 6.45) is 2.05. The number of fused-ring (bicyclic) bond motifs is 1. The highest BCUT2D eigenvalue weighted by Crippen LogP contribution is 2.31. The number of hydrogen-bond donors (Lipinski definition) is 1. The molecule has 3 aromatic rings. The molecule has 6 heteroatoms. The largest absolute Gasteiger partial charge is 0.383 e. The number of hydrogen-bond acceptors (Lipinski definition) is 3. The third-order valence-electron chi connectivity index (χ3n) is 4.63. The van der Waals surface area contributed by atoms with Crippen molar-refractivity contribution in [1.82, 2.24) is 14.5 Å². The third-order valence-corrected chi connectivity index (χ3v) is 4.92. The van der Waals surface area contributed by atoms with E-state index >= 15 is 0 Å². The lowest BCUT2D eigenvalue weighted by Gasteiger charge is -2.14. The molecule has 1 unspecified atom stereocenters. The maximum atomic E-state index is 12.5. The molecule has 0 aromatic carbocycles. The van der Waals surface area contributed by atoms with E-state index in [0.29, 0.717) is 22.9 Å². The molecule has 0 saturated carbocycles. The Hall–Kier alpha value is -2.11. The molecule has 3 aromatic heterocycles. The van der Waals surface area contributed by atoms with Crippen molar-refractivity contribution in [2.45, 2.75) is 39.7 Å².